The van der Waals surface area contributed by atoms with Crippen LogP contribution in [0.5, 0.6) is 5.75 Å². The monoisotopic (exact) mass is 312 g/mol. The van der Waals surface area contributed by atoms with Gasteiger partial charge in [0.2, 0.25) is 0 Å². The molecule has 23 heavy (non-hydrogen) atoms. The zero-order valence-corrected chi connectivity index (χ0v) is 12.7. The summed E-state index contributed by atoms with van der Waals surface area (Å²) >= 11 is 0. The number of hydrogen-bond acceptors (Lipinski definition) is 2. The van der Waals surface area contributed by atoms with E-state index in [1.165, 1.54) is 18.2 Å². The number of fused-ring (bicyclic) bond motifs is 1. The van der Waals surface area contributed by atoms with Crippen LogP contribution in [0.15, 0.2) is 30.5 Å². The van der Waals surface area contributed by atoms with Crippen molar-refractivity contribution in [1.82, 2.24) is 9.38 Å². The summed E-state index contributed by atoms with van der Waals surface area (Å²) in [4.78, 5) is 4.39. The molecule has 0 atom stereocenters. The van der Waals surface area contributed by atoms with Gasteiger partial charge in [0.25, 0.3) is 0 Å². The maximum absolute atomic E-state index is 13.7. The van der Waals surface area contributed by atoms with Crippen LogP contribution in [0.4, 0.5) is 8.78 Å². The van der Waals surface area contributed by atoms with Crippen molar-refractivity contribution in [3.8, 4) is 18.1 Å². The van der Waals surface area contributed by atoms with E-state index in [-0.39, 0.29) is 12.2 Å². The summed E-state index contributed by atoms with van der Waals surface area (Å²) in [5.74, 6) is 1.74. The number of pyridine rings is 1. The van der Waals surface area contributed by atoms with Crippen molar-refractivity contribution in [2.24, 2.45) is 0 Å². The highest BCUT2D eigenvalue weighted by Crippen LogP contribution is 2.25. The van der Waals surface area contributed by atoms with Crippen molar-refractivity contribution in [2.45, 2.75) is 20.5 Å². The van der Waals surface area contributed by atoms with Crippen molar-refractivity contribution in [3.05, 3.63) is 64.6 Å². The Hall–Kier alpha value is -2.87. The number of nitrogens with zero attached hydrogens (tertiary/aromatic N) is 2. The smallest absolute Gasteiger partial charge is 0.180 e. The first-order valence-corrected chi connectivity index (χ1v) is 7.03. The number of hydrogen-bond donors (Lipinski definition) is 0. The minimum atomic E-state index is -0.641. The van der Waals surface area contributed by atoms with Gasteiger partial charge in [-0.2, -0.15) is 0 Å². The van der Waals surface area contributed by atoms with E-state index in [4.69, 9.17) is 11.2 Å². The fourth-order valence-corrected chi connectivity index (χ4v) is 2.46. The Morgan fingerprint density at radius 1 is 1.26 bits per heavy atom. The molecule has 3 rings (SSSR count). The number of benzene rings is 1. The molecule has 2 heterocycles. The molecule has 0 unspecified atom stereocenters. The first kappa shape index (κ1) is 15.0. The van der Waals surface area contributed by atoms with Gasteiger partial charge in [-0.15, -0.1) is 6.42 Å². The molecule has 2 aromatic heterocycles. The third-order valence-electron chi connectivity index (χ3n) is 3.57. The van der Waals surface area contributed by atoms with Crippen LogP contribution in [0.2, 0.25) is 0 Å². The molecule has 0 bridgehead atoms. The number of aryl methyl sites for hydroxylation is 2. The second kappa shape index (κ2) is 5.73. The van der Waals surface area contributed by atoms with Gasteiger partial charge in [-0.05, 0) is 43.5 Å². The first-order valence-electron chi connectivity index (χ1n) is 7.03. The van der Waals surface area contributed by atoms with Gasteiger partial charge in [0.05, 0.1) is 11.3 Å². The maximum Gasteiger partial charge on any atom is 0.180 e. The maximum atomic E-state index is 13.7. The molecule has 0 amide bonds. The number of halogens is 2. The van der Waals surface area contributed by atoms with E-state index in [0.29, 0.717) is 22.8 Å². The van der Waals surface area contributed by atoms with E-state index in [1.54, 1.807) is 17.4 Å². The Morgan fingerprint density at radius 2 is 1.96 bits per heavy atom. The molecule has 0 saturated carbocycles. The summed E-state index contributed by atoms with van der Waals surface area (Å²) in [6.07, 6.45) is 7.36. The number of aromatic nitrogens is 2. The van der Waals surface area contributed by atoms with Crippen molar-refractivity contribution >= 4 is 5.65 Å². The lowest BCUT2D eigenvalue weighted by Crippen LogP contribution is -2.03. The van der Waals surface area contributed by atoms with Crippen LogP contribution in [0, 0.1) is 37.8 Å². The molecule has 0 aliphatic rings. The van der Waals surface area contributed by atoms with Gasteiger partial charge >= 0.3 is 0 Å². The third-order valence-corrected chi connectivity index (χ3v) is 3.57. The number of rotatable bonds is 3. The van der Waals surface area contributed by atoms with E-state index >= 15 is 0 Å². The Balaban J connectivity index is 2.02. The molecule has 0 N–H and O–H groups in total. The molecule has 0 aliphatic carbocycles. The van der Waals surface area contributed by atoms with E-state index in [0.717, 1.165) is 5.56 Å². The molecule has 3 aromatic rings. The van der Waals surface area contributed by atoms with Gasteiger partial charge in [-0.25, -0.2) is 13.8 Å². The predicted octanol–water partition coefficient (Wildman–Crippen LogP) is 3.79. The number of imidazole rings is 1. The zero-order valence-electron chi connectivity index (χ0n) is 12.7. The van der Waals surface area contributed by atoms with Crippen LogP contribution >= 0.6 is 0 Å². The fraction of sp³-hybridized carbons (Fsp3) is 0.167. The summed E-state index contributed by atoms with van der Waals surface area (Å²) in [6, 6.07) is 5.48. The second-order valence-corrected chi connectivity index (χ2v) is 5.25. The fourth-order valence-electron chi connectivity index (χ4n) is 2.46. The van der Waals surface area contributed by atoms with Crippen LogP contribution < -0.4 is 4.74 Å². The predicted molar refractivity (Wildman–Crippen MR) is 83.3 cm³/mol. The standard InChI is InChI=1S/C18H14F2N2O/c1-4-16-12(3)21-18-17(8-11(2)9-22(16)18)23-10-13-14(19)6-5-7-15(13)20/h1,5-9H,10H2,2-3H3. The van der Waals surface area contributed by atoms with Crippen LogP contribution in [0.3, 0.4) is 0 Å². The lowest BCUT2D eigenvalue weighted by Gasteiger charge is -2.10. The third kappa shape index (κ3) is 2.64. The molecule has 1 aromatic carbocycles. The van der Waals surface area contributed by atoms with Gasteiger partial charge in [0, 0.05) is 6.20 Å². The highest BCUT2D eigenvalue weighted by atomic mass is 19.1. The number of terminal acetylenes is 1. The highest BCUT2D eigenvalue weighted by Gasteiger charge is 2.14. The molecule has 0 radical (unpaired) electrons. The van der Waals surface area contributed by atoms with E-state index < -0.39 is 11.6 Å². The molecule has 3 nitrogen and oxygen atoms in total. The van der Waals surface area contributed by atoms with Crippen LogP contribution in [0.25, 0.3) is 5.65 Å². The highest BCUT2D eigenvalue weighted by molar-refractivity contribution is 5.59. The molecule has 116 valence electrons. The average molecular weight is 312 g/mol. The Bertz CT molecular complexity index is 918. The van der Waals surface area contributed by atoms with Crippen LogP contribution in [-0.4, -0.2) is 9.38 Å². The summed E-state index contributed by atoms with van der Waals surface area (Å²) in [6.45, 7) is 3.46. The lowest BCUT2D eigenvalue weighted by molar-refractivity contribution is 0.294. The molecular weight excluding hydrogens is 298 g/mol. The van der Waals surface area contributed by atoms with Gasteiger partial charge < -0.3 is 4.74 Å². The topological polar surface area (TPSA) is 26.5 Å². The Kier molecular flexibility index (Phi) is 3.75. The van der Waals surface area contributed by atoms with E-state index in [9.17, 15) is 8.78 Å². The zero-order chi connectivity index (χ0) is 16.6. The minimum Gasteiger partial charge on any atom is -0.485 e. The van der Waals surface area contributed by atoms with Gasteiger partial charge in [-0.3, -0.25) is 4.40 Å². The SMILES string of the molecule is C#Cc1c(C)nc2c(OCc3c(F)cccc3F)cc(C)cn12. The Labute approximate surface area is 132 Å². The van der Waals surface area contributed by atoms with E-state index in [2.05, 4.69) is 10.9 Å². The summed E-state index contributed by atoms with van der Waals surface area (Å²) in [7, 11) is 0. The van der Waals surface area contributed by atoms with Crippen molar-refractivity contribution in [2.75, 3.05) is 0 Å². The molecule has 0 fully saturated rings. The van der Waals surface area contributed by atoms with Crippen molar-refractivity contribution < 1.29 is 13.5 Å². The molecule has 0 aliphatic heterocycles. The summed E-state index contributed by atoms with van der Waals surface area (Å²) in [5.41, 5.74) is 2.63. The average Bonchev–Trinajstić information content (AvgIpc) is 2.82. The second-order valence-electron chi connectivity index (χ2n) is 5.25. The van der Waals surface area contributed by atoms with Crippen molar-refractivity contribution in [1.29, 1.82) is 0 Å². The summed E-state index contributed by atoms with van der Waals surface area (Å²) < 4.78 is 34.8. The minimum absolute atomic E-state index is 0.118. The van der Waals surface area contributed by atoms with Crippen molar-refractivity contribution in [3.63, 3.8) is 0 Å². The van der Waals surface area contributed by atoms with Gasteiger partial charge in [-0.1, -0.05) is 6.07 Å². The molecule has 0 spiro atoms. The molecule has 5 heteroatoms. The Morgan fingerprint density at radius 3 is 2.61 bits per heavy atom. The molecular formula is C18H14F2N2O. The van der Waals surface area contributed by atoms with Gasteiger partial charge in [0.15, 0.2) is 11.4 Å². The first-order chi connectivity index (χ1) is 11.0. The quantitative estimate of drug-likeness (QED) is 0.688. The largest absolute Gasteiger partial charge is 0.485 e. The van der Waals surface area contributed by atoms with Crippen LogP contribution in [-0.2, 0) is 6.61 Å². The van der Waals surface area contributed by atoms with Gasteiger partial charge in [0.1, 0.15) is 23.9 Å². The molecule has 0 saturated heterocycles. The van der Waals surface area contributed by atoms with Crippen LogP contribution in [0.1, 0.15) is 22.5 Å². The summed E-state index contributed by atoms with van der Waals surface area (Å²) in [5, 5.41) is 0. The normalized spacial score (nSPS) is 10.7. The number of ether oxygens (including phenoxy) is 1. The lowest BCUT2D eigenvalue weighted by atomic mass is 10.2. The van der Waals surface area contributed by atoms with E-state index in [1.807, 2.05) is 13.1 Å².